The number of amides is 6. The van der Waals surface area contributed by atoms with E-state index >= 15 is 0 Å². The largest absolute Gasteiger partial charge is 0.493 e. The van der Waals surface area contributed by atoms with Crippen molar-refractivity contribution in [2.45, 2.75) is 76.0 Å². The number of hydrogen-bond donors (Lipinski definition) is 4. The summed E-state index contributed by atoms with van der Waals surface area (Å²) in [5.41, 5.74) is 4.09. The fourth-order valence-corrected chi connectivity index (χ4v) is 11.0. The third kappa shape index (κ3) is 20.3. The number of esters is 1. The average Bonchev–Trinajstić information content (AvgIpc) is 1.74. The minimum absolute atomic E-state index is 0.141. The number of halogens is 1. The van der Waals surface area contributed by atoms with Gasteiger partial charge in [0.25, 0.3) is 11.8 Å². The lowest BCUT2D eigenvalue weighted by molar-refractivity contribution is -0.162. The van der Waals surface area contributed by atoms with Crippen molar-refractivity contribution in [3.63, 3.8) is 0 Å². The summed E-state index contributed by atoms with van der Waals surface area (Å²) in [5.74, 6) is 0.287. The molecule has 5 aromatic carbocycles. The zero-order valence-electron chi connectivity index (χ0n) is 54.4. The number of imide groups is 1. The van der Waals surface area contributed by atoms with Gasteiger partial charge in [-0.2, -0.15) is 5.10 Å². The molecule has 26 heteroatoms. The Labute approximate surface area is 551 Å². The molecule has 95 heavy (non-hydrogen) atoms. The second kappa shape index (κ2) is 36.8. The van der Waals surface area contributed by atoms with Crippen LogP contribution in [0.1, 0.15) is 85.8 Å². The van der Waals surface area contributed by atoms with Crippen LogP contribution in [0.15, 0.2) is 109 Å². The number of piperidine rings is 1. The lowest BCUT2D eigenvalue weighted by Crippen LogP contribution is -2.50. The van der Waals surface area contributed by atoms with Gasteiger partial charge >= 0.3 is 12.0 Å². The van der Waals surface area contributed by atoms with Crippen LogP contribution >= 0.6 is 0 Å². The average molecular weight is 1320 g/mol. The highest BCUT2D eigenvalue weighted by Crippen LogP contribution is 2.42. The molecule has 0 radical (unpaired) electrons. The molecule has 2 saturated heterocycles. The number of ether oxygens (including phenoxy) is 12. The zero-order valence-corrected chi connectivity index (χ0v) is 54.4. The number of rotatable bonds is 39. The highest BCUT2D eigenvalue weighted by atomic mass is 19.1. The van der Waals surface area contributed by atoms with Crippen molar-refractivity contribution in [1.82, 2.24) is 35.9 Å². The Balaban J connectivity index is 0.702. The lowest BCUT2D eigenvalue weighted by Gasteiger charge is -2.37. The second-order valence-corrected chi connectivity index (χ2v) is 22.0. The molecule has 2 aliphatic rings. The lowest BCUT2D eigenvalue weighted by atomic mass is 9.91. The van der Waals surface area contributed by atoms with E-state index in [1.165, 1.54) is 33.5 Å². The molecule has 4 atom stereocenters. The minimum atomic E-state index is -0.987. The molecule has 4 N–H and O–H groups in total. The highest BCUT2D eigenvalue weighted by Gasteiger charge is 2.39. The molecule has 8 rings (SSSR count). The number of hydrogen-bond acceptors (Lipinski definition) is 19. The first kappa shape index (κ1) is 71.4. The van der Waals surface area contributed by atoms with Crippen LogP contribution in [0, 0.1) is 5.82 Å². The van der Waals surface area contributed by atoms with E-state index < -0.39 is 47.8 Å². The Hall–Kier alpha value is -9.50. The van der Waals surface area contributed by atoms with E-state index in [0.717, 1.165) is 18.4 Å². The maximum Gasteiger partial charge on any atom is 0.329 e. The number of urea groups is 1. The maximum absolute atomic E-state index is 14.6. The summed E-state index contributed by atoms with van der Waals surface area (Å²) in [4.78, 5) is 80.9. The van der Waals surface area contributed by atoms with Gasteiger partial charge in [0.2, 0.25) is 17.6 Å². The van der Waals surface area contributed by atoms with Crippen molar-refractivity contribution in [3.05, 3.63) is 137 Å². The topological polar surface area (TPSA) is 282 Å². The molecule has 1 aromatic heterocycles. The van der Waals surface area contributed by atoms with Crippen molar-refractivity contribution >= 4 is 35.6 Å². The summed E-state index contributed by atoms with van der Waals surface area (Å²) in [5, 5.41) is 15.1. The van der Waals surface area contributed by atoms with E-state index in [1.807, 2.05) is 31.2 Å². The second-order valence-electron chi connectivity index (χ2n) is 22.0. The van der Waals surface area contributed by atoms with Crippen molar-refractivity contribution in [2.24, 2.45) is 0 Å². The van der Waals surface area contributed by atoms with Crippen LogP contribution in [0.25, 0.3) is 16.9 Å². The van der Waals surface area contributed by atoms with Crippen LogP contribution < -0.4 is 54.4 Å². The molecule has 0 bridgehead atoms. The quantitative estimate of drug-likeness (QED) is 0.0165. The van der Waals surface area contributed by atoms with E-state index in [1.54, 1.807) is 96.7 Å². The molecule has 510 valence electrons. The van der Waals surface area contributed by atoms with Crippen LogP contribution in [0.5, 0.6) is 40.2 Å². The van der Waals surface area contributed by atoms with Crippen molar-refractivity contribution in [2.75, 3.05) is 121 Å². The molecule has 25 nitrogen and oxygen atoms in total. The fraction of sp³-hybridized carbons (Fsp3) is 0.435. The normalized spacial score (nSPS) is 15.0. The van der Waals surface area contributed by atoms with Gasteiger partial charge in [-0.1, -0.05) is 37.3 Å². The van der Waals surface area contributed by atoms with Gasteiger partial charge in [0, 0.05) is 48.5 Å². The molecule has 0 saturated carbocycles. The molecule has 0 spiro atoms. The van der Waals surface area contributed by atoms with E-state index in [2.05, 4.69) is 26.4 Å². The number of methoxy groups -OCH3 is 5. The molecule has 0 aliphatic carbocycles. The van der Waals surface area contributed by atoms with E-state index in [4.69, 9.17) is 56.8 Å². The monoisotopic (exact) mass is 1320 g/mol. The van der Waals surface area contributed by atoms with Gasteiger partial charge in [-0.05, 0) is 116 Å². The van der Waals surface area contributed by atoms with Crippen molar-refractivity contribution in [1.29, 1.82) is 0 Å². The molecule has 1 unspecified atom stereocenters. The summed E-state index contributed by atoms with van der Waals surface area (Å²) in [6.45, 7) is 4.85. The number of carbonyl (C=O) groups excluding carboxylic acids is 6. The Bertz CT molecular complexity index is 3490. The molecule has 6 aromatic rings. The zero-order chi connectivity index (χ0) is 67.5. The Morgan fingerprint density at radius 2 is 1.35 bits per heavy atom. The predicted octanol–water partition coefficient (Wildman–Crippen LogP) is 7.54. The third-order valence-corrected chi connectivity index (χ3v) is 15.8. The van der Waals surface area contributed by atoms with Crippen LogP contribution in [-0.2, 0) is 54.1 Å². The fourth-order valence-electron chi connectivity index (χ4n) is 11.0. The number of nitrogens with one attached hydrogen (secondary N) is 4. The van der Waals surface area contributed by atoms with Gasteiger partial charge in [0.1, 0.15) is 42.1 Å². The van der Waals surface area contributed by atoms with Gasteiger partial charge in [-0.3, -0.25) is 24.5 Å². The summed E-state index contributed by atoms with van der Waals surface area (Å²) >= 11 is 0. The maximum atomic E-state index is 14.6. The number of benzene rings is 5. The number of aromatic nitrogens is 2. The van der Waals surface area contributed by atoms with Crippen LogP contribution in [0.3, 0.4) is 0 Å². The first-order valence-electron chi connectivity index (χ1n) is 31.5. The number of carbonyl (C=O) groups is 6. The number of para-hydroxylation sites is 1. The number of aryl methyl sites for hydroxylation is 1. The highest BCUT2D eigenvalue weighted by molar-refractivity contribution is 6.05. The molecule has 2 aliphatic heterocycles. The van der Waals surface area contributed by atoms with Gasteiger partial charge in [0.05, 0.1) is 112 Å². The Morgan fingerprint density at radius 1 is 0.674 bits per heavy atom. The smallest absolute Gasteiger partial charge is 0.329 e. The van der Waals surface area contributed by atoms with Gasteiger partial charge in [-0.25, -0.2) is 18.7 Å². The van der Waals surface area contributed by atoms with Gasteiger partial charge in [0.15, 0.2) is 29.6 Å². The summed E-state index contributed by atoms with van der Waals surface area (Å²) in [6.07, 6.45) is 4.01. The number of likely N-dealkylation sites (tertiary alicyclic amines) is 1. The van der Waals surface area contributed by atoms with Crippen LogP contribution in [-0.4, -0.2) is 178 Å². The third-order valence-electron chi connectivity index (χ3n) is 15.8. The van der Waals surface area contributed by atoms with Crippen LogP contribution in [0.2, 0.25) is 0 Å². The number of nitrogens with zero attached hydrogens (tertiary/aromatic N) is 3. The molecular weight excluding hydrogens is 1230 g/mol. The van der Waals surface area contributed by atoms with Crippen molar-refractivity contribution in [3.8, 4) is 57.2 Å². The molecule has 2 fully saturated rings. The first-order chi connectivity index (χ1) is 46.2. The van der Waals surface area contributed by atoms with Crippen molar-refractivity contribution < 1.29 is 90.0 Å². The van der Waals surface area contributed by atoms with Gasteiger partial charge < -0.3 is 77.7 Å². The molecule has 6 amide bonds. The predicted molar refractivity (Wildman–Crippen MR) is 345 cm³/mol. The summed E-state index contributed by atoms with van der Waals surface area (Å²) in [6, 6.07) is 26.5. The Morgan fingerprint density at radius 3 is 2.02 bits per heavy atom. The van der Waals surface area contributed by atoms with Gasteiger partial charge in [-0.15, -0.1) is 0 Å². The summed E-state index contributed by atoms with van der Waals surface area (Å²) < 4.78 is 83.9. The van der Waals surface area contributed by atoms with E-state index in [-0.39, 0.29) is 76.9 Å². The SMILES string of the molecule is CC[C@H](C(=O)N1CCCC[C@H]1C(=O)O[C@@H](CCc1ccc(OC)c(OC)c1)c1ccccc1OCC(=O)NCCOCCOCCOCCOCCC(=O)NCCOc1cccc(-n2cc(C3NC(=O)NC3=O)c(-c3ccc(F)cc3)n2)c1)c1cc(OC)c(OC)c(OC)c1. The molecule has 3 heterocycles. The summed E-state index contributed by atoms with van der Waals surface area (Å²) in [7, 11) is 7.68. The first-order valence-corrected chi connectivity index (χ1v) is 31.5. The Kier molecular flexibility index (Phi) is 27.7. The standard InChI is InChI=1S/C69H84FN7O18/c1-7-51(47-40-59(86-4)65(88-6)60(41-47)87-5)67(81)76-29-11-10-16-54(76)68(82)95-56(24-18-45-19-25-57(84-2)58(39-45)85-3)52-15-8-9-17-55(52)94-44-62(79)72-27-31-90-34-36-92-38-37-91-35-33-89-30-26-61(78)71-28-32-93-50-14-12-13-49(42-50)77-43-53(64-66(80)74-69(83)73-64)63(75-77)46-20-22-48(70)23-21-46/h8-9,12-15,17,19-23,25,39-43,51,54,56,64H,7,10-11,16,18,24,26-38,44H2,1-6H3,(H,71,78)(H,72,79)(H2,73,74,80,83)/t51-,54-,56-,64?/m0/s1. The van der Waals surface area contributed by atoms with Crippen LogP contribution in [0.4, 0.5) is 9.18 Å². The molecular formula is C69H84FN7O18. The minimum Gasteiger partial charge on any atom is -0.493 e. The van der Waals surface area contributed by atoms with E-state index in [0.29, 0.717) is 133 Å². The van der Waals surface area contributed by atoms with E-state index in [9.17, 15) is 33.2 Å².